The zero-order valence-electron chi connectivity index (χ0n) is 13.5. The second-order valence-corrected chi connectivity index (χ2v) is 4.70. The van der Waals surface area contributed by atoms with Gasteiger partial charge in [0.05, 0.1) is 27.0 Å². The van der Waals surface area contributed by atoms with E-state index >= 15 is 0 Å². The summed E-state index contributed by atoms with van der Waals surface area (Å²) in [5, 5.41) is 0. The first-order valence-electron chi connectivity index (χ1n) is 6.46. The van der Waals surface area contributed by atoms with Crippen LogP contribution in [0.1, 0.15) is 5.56 Å². The van der Waals surface area contributed by atoms with Gasteiger partial charge in [0, 0.05) is 5.56 Å². The molecule has 0 fully saturated rings. The van der Waals surface area contributed by atoms with Crippen molar-refractivity contribution >= 4 is 17.8 Å². The first-order chi connectivity index (χ1) is 10.3. The smallest absolute Gasteiger partial charge is 0.256 e. The highest BCUT2D eigenvalue weighted by Crippen LogP contribution is 2.39. The van der Waals surface area contributed by atoms with E-state index < -0.39 is 5.91 Å². The lowest BCUT2D eigenvalue weighted by Gasteiger charge is -2.14. The summed E-state index contributed by atoms with van der Waals surface area (Å²) in [5.74, 6) is 0.695. The van der Waals surface area contributed by atoms with Crippen LogP contribution in [0.15, 0.2) is 17.7 Å². The van der Waals surface area contributed by atoms with Gasteiger partial charge in [-0.25, -0.2) is 4.58 Å². The molecule has 0 aliphatic heterocycles. The molecule has 22 heavy (non-hydrogen) atoms. The molecule has 1 rings (SSSR count). The molecule has 0 saturated carbocycles. The SMILES string of the molecule is COc1cc(/C(N)=C(\C=[N+](C)C)C(N)=O)cc(OC)c1OC. The second-order valence-electron chi connectivity index (χ2n) is 4.70. The topological polar surface area (TPSA) is 99.8 Å². The van der Waals surface area contributed by atoms with E-state index in [1.165, 1.54) is 21.3 Å². The molecule has 0 atom stereocenters. The van der Waals surface area contributed by atoms with Crippen LogP contribution in [0.25, 0.3) is 5.70 Å². The summed E-state index contributed by atoms with van der Waals surface area (Å²) < 4.78 is 17.5. The molecule has 0 radical (unpaired) electrons. The van der Waals surface area contributed by atoms with Crippen molar-refractivity contribution in [2.24, 2.45) is 11.5 Å². The summed E-state index contributed by atoms with van der Waals surface area (Å²) in [6, 6.07) is 3.31. The summed E-state index contributed by atoms with van der Waals surface area (Å²) in [4.78, 5) is 11.6. The fraction of sp³-hybridized carbons (Fsp3) is 0.333. The van der Waals surface area contributed by atoms with Crippen molar-refractivity contribution < 1.29 is 23.6 Å². The summed E-state index contributed by atoms with van der Waals surface area (Å²) in [6.07, 6.45) is 1.56. The van der Waals surface area contributed by atoms with E-state index in [2.05, 4.69) is 0 Å². The van der Waals surface area contributed by atoms with Crippen molar-refractivity contribution in [3.63, 3.8) is 0 Å². The molecular weight excluding hydrogens is 286 g/mol. The maximum Gasteiger partial charge on any atom is 0.256 e. The molecule has 0 aliphatic carbocycles. The van der Waals surface area contributed by atoms with Crippen LogP contribution in [0.5, 0.6) is 17.2 Å². The van der Waals surface area contributed by atoms with Gasteiger partial charge in [-0.15, -0.1) is 0 Å². The van der Waals surface area contributed by atoms with Gasteiger partial charge in [-0.05, 0) is 12.1 Å². The Bertz CT molecular complexity index is 607. The van der Waals surface area contributed by atoms with E-state index in [1.54, 1.807) is 37.0 Å². The normalized spacial score (nSPS) is 11.3. The number of methoxy groups -OCH3 is 3. The molecule has 120 valence electrons. The van der Waals surface area contributed by atoms with Crippen LogP contribution < -0.4 is 25.7 Å². The van der Waals surface area contributed by atoms with Crippen molar-refractivity contribution in [3.05, 3.63) is 23.3 Å². The Balaban J connectivity index is 3.60. The molecule has 0 aliphatic rings. The van der Waals surface area contributed by atoms with Crippen LogP contribution in [0.2, 0.25) is 0 Å². The molecule has 0 aromatic heterocycles. The maximum atomic E-state index is 11.6. The fourth-order valence-corrected chi connectivity index (χ4v) is 1.92. The fourth-order valence-electron chi connectivity index (χ4n) is 1.92. The number of ether oxygens (including phenoxy) is 3. The van der Waals surface area contributed by atoms with Crippen LogP contribution >= 0.6 is 0 Å². The van der Waals surface area contributed by atoms with Gasteiger partial charge in [0.2, 0.25) is 5.75 Å². The van der Waals surface area contributed by atoms with Gasteiger partial charge in [-0.1, -0.05) is 0 Å². The number of nitrogens with two attached hydrogens (primary N) is 2. The Morgan fingerprint density at radius 3 is 1.86 bits per heavy atom. The Morgan fingerprint density at radius 2 is 1.55 bits per heavy atom. The first kappa shape index (κ1) is 17.4. The third kappa shape index (κ3) is 3.69. The number of hydrogen-bond donors (Lipinski definition) is 2. The summed E-state index contributed by atoms with van der Waals surface area (Å²) in [6.45, 7) is 0. The lowest BCUT2D eigenvalue weighted by atomic mass is 10.1. The molecular formula is C15H22N3O4+. The molecule has 7 nitrogen and oxygen atoms in total. The van der Waals surface area contributed by atoms with Crippen LogP contribution in [0, 0.1) is 0 Å². The Kier molecular flexibility index (Phi) is 5.80. The van der Waals surface area contributed by atoms with Gasteiger partial charge in [0.1, 0.15) is 19.7 Å². The van der Waals surface area contributed by atoms with Crippen LogP contribution in [-0.4, -0.2) is 52.1 Å². The Morgan fingerprint density at radius 1 is 1.05 bits per heavy atom. The average molecular weight is 308 g/mol. The van der Waals surface area contributed by atoms with E-state index in [-0.39, 0.29) is 11.3 Å². The number of carbonyl (C=O) groups excluding carboxylic acids is 1. The molecule has 0 heterocycles. The van der Waals surface area contributed by atoms with Gasteiger partial charge >= 0.3 is 0 Å². The second kappa shape index (κ2) is 7.35. The molecule has 0 spiro atoms. The maximum absolute atomic E-state index is 11.6. The van der Waals surface area contributed by atoms with Crippen molar-refractivity contribution in [3.8, 4) is 17.2 Å². The number of nitrogens with zero attached hydrogens (tertiary/aromatic N) is 1. The zero-order valence-corrected chi connectivity index (χ0v) is 13.5. The van der Waals surface area contributed by atoms with Gasteiger partial charge in [-0.2, -0.15) is 0 Å². The number of hydrogen-bond acceptors (Lipinski definition) is 5. The lowest BCUT2D eigenvalue weighted by molar-refractivity contribution is -0.458. The van der Waals surface area contributed by atoms with Crippen molar-refractivity contribution in [1.82, 2.24) is 0 Å². The minimum Gasteiger partial charge on any atom is -0.493 e. The van der Waals surface area contributed by atoms with Gasteiger partial charge in [0.25, 0.3) is 5.91 Å². The minimum atomic E-state index is -0.625. The summed E-state index contributed by atoms with van der Waals surface area (Å²) in [7, 11) is 8.05. The summed E-state index contributed by atoms with van der Waals surface area (Å²) in [5.41, 5.74) is 12.5. The average Bonchev–Trinajstić information content (AvgIpc) is 2.49. The number of primary amides is 1. The van der Waals surface area contributed by atoms with Gasteiger partial charge in [-0.3, -0.25) is 4.79 Å². The molecule has 1 aromatic rings. The van der Waals surface area contributed by atoms with Crippen molar-refractivity contribution in [1.29, 1.82) is 0 Å². The van der Waals surface area contributed by atoms with Crippen LogP contribution in [-0.2, 0) is 4.79 Å². The Hall–Kier alpha value is -2.70. The van der Waals surface area contributed by atoms with Crippen LogP contribution in [0.4, 0.5) is 0 Å². The predicted molar refractivity (Wildman–Crippen MR) is 84.6 cm³/mol. The lowest BCUT2D eigenvalue weighted by Crippen LogP contribution is -2.22. The molecule has 4 N–H and O–H groups in total. The zero-order chi connectivity index (χ0) is 16.9. The number of amides is 1. The van der Waals surface area contributed by atoms with Gasteiger partial charge < -0.3 is 25.7 Å². The van der Waals surface area contributed by atoms with Crippen molar-refractivity contribution in [2.75, 3.05) is 35.4 Å². The van der Waals surface area contributed by atoms with Gasteiger partial charge in [0.15, 0.2) is 17.7 Å². The molecule has 1 aromatic carbocycles. The predicted octanol–water partition coefficient (Wildman–Crippen LogP) is 0.210. The van der Waals surface area contributed by atoms with E-state index in [0.717, 1.165) is 0 Å². The molecule has 0 unspecified atom stereocenters. The molecule has 7 heteroatoms. The third-order valence-corrected chi connectivity index (χ3v) is 2.92. The van der Waals surface area contributed by atoms with E-state index in [4.69, 9.17) is 25.7 Å². The highest BCUT2D eigenvalue weighted by atomic mass is 16.5. The standard InChI is InChI=1S/C15H21N3O4/c1-18(2)8-10(15(17)19)13(16)9-6-11(20-3)14(22-5)12(7-9)21-4/h6-8,16H,1-5H3,(H2,17,19)/p+1. The highest BCUT2D eigenvalue weighted by molar-refractivity contribution is 6.16. The van der Waals surface area contributed by atoms with E-state index in [0.29, 0.717) is 22.8 Å². The highest BCUT2D eigenvalue weighted by Gasteiger charge is 2.18. The summed E-state index contributed by atoms with van der Waals surface area (Å²) >= 11 is 0. The Labute approximate surface area is 129 Å². The quantitative estimate of drug-likeness (QED) is 0.444. The number of benzene rings is 1. The third-order valence-electron chi connectivity index (χ3n) is 2.92. The van der Waals surface area contributed by atoms with Crippen molar-refractivity contribution in [2.45, 2.75) is 0 Å². The minimum absolute atomic E-state index is 0.194. The molecule has 0 bridgehead atoms. The monoisotopic (exact) mass is 308 g/mol. The largest absolute Gasteiger partial charge is 0.493 e. The van der Waals surface area contributed by atoms with E-state index in [9.17, 15) is 4.79 Å². The van der Waals surface area contributed by atoms with E-state index in [1.807, 2.05) is 0 Å². The molecule has 1 amide bonds. The van der Waals surface area contributed by atoms with Crippen LogP contribution in [0.3, 0.4) is 0 Å². The number of carbonyl (C=O) groups is 1. The first-order valence-corrected chi connectivity index (χ1v) is 6.46. The molecule has 0 saturated heterocycles. The number of rotatable bonds is 6.